The zero-order chi connectivity index (χ0) is 26.8. The average molecular weight is 735 g/mol. The molecule has 0 saturated heterocycles. The summed E-state index contributed by atoms with van der Waals surface area (Å²) in [4.78, 5) is 74.1. The number of carboxylic acid groups (broad SMARTS) is 5. The summed E-state index contributed by atoms with van der Waals surface area (Å²) in [6.45, 7) is 2.17. The van der Waals surface area contributed by atoms with Crippen LogP contribution >= 0.6 is 7.82 Å². The molecule has 0 aromatic rings. The van der Waals surface area contributed by atoms with Gasteiger partial charge in [-0.25, -0.2) is 4.79 Å². The standard InChI is InChI=1S/C6H8O7.2C2H4O2.2ClH.K.Li.5Na.H3O4P.H2O4S/c7-3(8)1-6(13,5(11)12)2-4(9)10;2*1-2(3)4;;;;;;;;;;2*1-5(2,3)4/h13H,1-2H2,(H,7,8)(H,9,10)(H,11,12);2*1H3,(H,3,4);2*1H;;;;;;;;(H3,1,2,3,4);(H2,1,2,3,4)/q;;;;;7*+1;;/p-7. The molecule has 0 atom stereocenters. The number of hydrogen-bond donors (Lipinski definition) is 6. The first-order valence-corrected chi connectivity index (χ1v) is 9.22. The van der Waals surface area contributed by atoms with Crippen LogP contribution in [-0.2, 0) is 38.9 Å². The average Bonchev–Trinajstić information content (AvgIpc) is 2.29. The van der Waals surface area contributed by atoms with Crippen molar-refractivity contribution in [2.75, 3.05) is 0 Å². The Hall–Kier alpha value is 5.10. The van der Waals surface area contributed by atoms with Gasteiger partial charge in [-0.2, -0.15) is 7.82 Å². The van der Waals surface area contributed by atoms with Gasteiger partial charge in [0.2, 0.25) is 0 Å². The van der Waals surface area contributed by atoms with Crippen LogP contribution in [0.2, 0.25) is 0 Å². The topological polar surface area (TPSA) is 373 Å². The summed E-state index contributed by atoms with van der Waals surface area (Å²) in [5, 5.41) is 48.6. The number of halogens is 2. The molecule has 0 rings (SSSR count). The SMILES string of the molecule is CC(=O)O.CC(=O)O.O=C(O)CC(O)(CC(=O)O)C(=O)O.O=P([O-])([O-])[O-].O=S(=O)([O-])[O-].[Cl-].[Cl-].[K+].[Li+].[Na+].[Na+].[Na+].[Na+].[Na+]. The van der Waals surface area contributed by atoms with Crippen molar-refractivity contribution >= 4 is 48.1 Å². The molecule has 0 saturated carbocycles. The maximum absolute atomic E-state index is 10.3. The van der Waals surface area contributed by atoms with Crippen LogP contribution in [0.25, 0.3) is 0 Å². The molecule has 6 N–H and O–H groups in total. The molecule has 0 aliphatic rings. The number of carbonyl (C=O) groups is 5. The van der Waals surface area contributed by atoms with Gasteiger partial charge < -0.3 is 83.8 Å². The molecule has 0 aliphatic heterocycles. The minimum absolute atomic E-state index is 0. The molecular formula is C10H16Cl2KLiNa5O19PS. The van der Waals surface area contributed by atoms with Gasteiger partial charge in [-0.1, -0.05) is 0 Å². The summed E-state index contributed by atoms with van der Waals surface area (Å²) < 4.78 is 42.6. The zero-order valence-corrected chi connectivity index (χ0v) is 39.4. The fraction of sp³-hybridized carbons (Fsp3) is 0.500. The molecule has 0 unspecified atom stereocenters. The van der Waals surface area contributed by atoms with E-state index in [1.165, 1.54) is 0 Å². The van der Waals surface area contributed by atoms with Crippen molar-refractivity contribution in [2.45, 2.75) is 32.3 Å². The Morgan fingerprint density at radius 3 is 0.850 bits per heavy atom. The molecule has 0 radical (unpaired) electrons. The number of aliphatic hydroxyl groups is 1. The van der Waals surface area contributed by atoms with E-state index in [2.05, 4.69) is 0 Å². The number of phosphoric acid groups is 1. The second-order valence-electron chi connectivity index (χ2n) is 4.37. The van der Waals surface area contributed by atoms with Crippen molar-refractivity contribution in [1.29, 1.82) is 0 Å². The van der Waals surface area contributed by atoms with Crippen molar-refractivity contribution in [3.05, 3.63) is 0 Å². The number of rotatable bonds is 5. The molecule has 19 nitrogen and oxygen atoms in total. The fourth-order valence-electron chi connectivity index (χ4n) is 0.714. The maximum atomic E-state index is 10.3. The maximum Gasteiger partial charge on any atom is 1.00 e. The molecule has 202 valence electrons. The minimum atomic E-state index is -5.39. The normalized spacial score (nSPS) is 7.70. The quantitative estimate of drug-likeness (QED) is 0.0660. The number of aliphatic carboxylic acids is 5. The van der Waals surface area contributed by atoms with Crippen molar-refractivity contribution in [3.63, 3.8) is 0 Å². The summed E-state index contributed by atoms with van der Waals surface area (Å²) in [5.41, 5.74) is -2.74. The summed E-state index contributed by atoms with van der Waals surface area (Å²) in [5.74, 6) is -6.69. The first-order valence-electron chi connectivity index (χ1n) is 6.42. The zero-order valence-electron chi connectivity index (χ0n) is 23.0. The first-order chi connectivity index (χ1) is 13.2. The van der Waals surface area contributed by atoms with E-state index in [9.17, 15) is 14.4 Å². The monoisotopic (exact) mass is 734 g/mol. The van der Waals surface area contributed by atoms with E-state index in [1.54, 1.807) is 0 Å². The van der Waals surface area contributed by atoms with E-state index in [-0.39, 0.29) is 243 Å². The van der Waals surface area contributed by atoms with E-state index in [1.807, 2.05) is 0 Å². The Labute approximate surface area is 406 Å². The van der Waals surface area contributed by atoms with Crippen LogP contribution in [0.15, 0.2) is 0 Å². The molecular weight excluding hydrogens is 719 g/mol. The second-order valence-corrected chi connectivity index (χ2v) is 6.08. The summed E-state index contributed by atoms with van der Waals surface area (Å²) >= 11 is 0. The summed E-state index contributed by atoms with van der Waals surface area (Å²) in [6, 6.07) is 0. The Kier molecular flexibility index (Phi) is 116. The molecule has 0 aliphatic carbocycles. The molecule has 0 bridgehead atoms. The van der Waals surface area contributed by atoms with Gasteiger partial charge in [0, 0.05) is 24.2 Å². The molecule has 30 heteroatoms. The molecule has 0 heterocycles. The predicted molar refractivity (Wildman–Crippen MR) is 81.8 cm³/mol. The number of carboxylic acids is 5. The third-order valence-corrected chi connectivity index (χ3v) is 1.29. The van der Waals surface area contributed by atoms with Crippen LogP contribution in [0, 0.1) is 0 Å². The Bertz CT molecular complexity index is 726. The Morgan fingerprint density at radius 1 is 0.700 bits per heavy atom. The van der Waals surface area contributed by atoms with Crippen LogP contribution in [0.3, 0.4) is 0 Å². The van der Waals surface area contributed by atoms with Gasteiger partial charge in [-0.3, -0.25) is 27.6 Å². The molecule has 0 aromatic heterocycles. The Balaban J connectivity index is -0.0000000182. The van der Waals surface area contributed by atoms with E-state index >= 15 is 0 Å². The first kappa shape index (κ1) is 90.7. The van der Waals surface area contributed by atoms with Crippen molar-refractivity contribution in [2.24, 2.45) is 0 Å². The van der Waals surface area contributed by atoms with Crippen LogP contribution < -0.4 is 258 Å². The molecule has 0 amide bonds. The third kappa shape index (κ3) is 172. The molecule has 40 heavy (non-hydrogen) atoms. The summed E-state index contributed by atoms with van der Waals surface area (Å²) in [6.07, 6.45) is -2.29. The fourth-order valence-corrected chi connectivity index (χ4v) is 0.714. The minimum Gasteiger partial charge on any atom is -1.00 e. The van der Waals surface area contributed by atoms with Crippen LogP contribution in [0.1, 0.15) is 26.7 Å². The largest absolute Gasteiger partial charge is 1.00 e. The van der Waals surface area contributed by atoms with Gasteiger partial charge in [0.1, 0.15) is 0 Å². The number of hydrogen-bond acceptors (Lipinski definition) is 14. The van der Waals surface area contributed by atoms with E-state index in [4.69, 9.17) is 77.0 Å². The molecule has 0 aromatic carbocycles. The summed E-state index contributed by atoms with van der Waals surface area (Å²) in [7, 11) is -10.6. The molecule has 0 fully saturated rings. The van der Waals surface area contributed by atoms with Gasteiger partial charge in [-0.15, -0.1) is 0 Å². The van der Waals surface area contributed by atoms with Gasteiger partial charge in [0.05, 0.1) is 12.8 Å². The van der Waals surface area contributed by atoms with Crippen LogP contribution in [0.4, 0.5) is 0 Å². The van der Waals surface area contributed by atoms with Gasteiger partial charge in [-0.05, 0) is 0 Å². The van der Waals surface area contributed by atoms with Gasteiger partial charge in [0.15, 0.2) is 5.60 Å². The Morgan fingerprint density at radius 2 is 0.800 bits per heavy atom. The van der Waals surface area contributed by atoms with Gasteiger partial charge >= 0.3 is 236 Å². The van der Waals surface area contributed by atoms with E-state index < -0.39 is 66.5 Å². The van der Waals surface area contributed by atoms with Crippen molar-refractivity contribution in [3.8, 4) is 0 Å². The van der Waals surface area contributed by atoms with Crippen molar-refractivity contribution < 1.29 is 334 Å². The van der Waals surface area contributed by atoms with Gasteiger partial charge in [0.25, 0.3) is 11.9 Å². The van der Waals surface area contributed by atoms with Crippen LogP contribution in [-0.4, -0.2) is 83.6 Å². The third-order valence-electron chi connectivity index (χ3n) is 1.29. The van der Waals surface area contributed by atoms with Crippen LogP contribution in [0.5, 0.6) is 0 Å². The van der Waals surface area contributed by atoms with E-state index in [0.717, 1.165) is 13.8 Å². The van der Waals surface area contributed by atoms with Crippen molar-refractivity contribution in [1.82, 2.24) is 0 Å². The second kappa shape index (κ2) is 50.9. The predicted octanol–water partition coefficient (Wildman–Crippen LogP) is -32.2. The smallest absolute Gasteiger partial charge is 1.00 e. The molecule has 0 spiro atoms. The van der Waals surface area contributed by atoms with E-state index in [0.29, 0.717) is 0 Å².